The van der Waals surface area contributed by atoms with Crippen molar-refractivity contribution in [2.75, 3.05) is 11.6 Å². The van der Waals surface area contributed by atoms with Crippen LogP contribution >= 0.6 is 11.8 Å². The summed E-state index contributed by atoms with van der Waals surface area (Å²) < 4.78 is 5.75. The smallest absolute Gasteiger partial charge is 0.123 e. The zero-order valence-electron chi connectivity index (χ0n) is 13.0. The molecule has 0 aliphatic rings. The predicted molar refractivity (Wildman–Crippen MR) is 92.9 cm³/mol. The monoisotopic (exact) mass is 303 g/mol. The standard InChI is InChI=1S/C18H25NOS/c1-3-4-5-6-15-7-9-16(10-8-15)19-13-17-11-12-18(20-17)14-21-2/h7-12,19H,3-6,13-14H2,1-2H3. The molecule has 2 rings (SSSR count). The number of thioether (sulfide) groups is 1. The predicted octanol–water partition coefficient (Wildman–Crippen LogP) is 5.49. The molecule has 0 bridgehead atoms. The van der Waals surface area contributed by atoms with Crippen LogP contribution in [0.25, 0.3) is 0 Å². The van der Waals surface area contributed by atoms with E-state index in [0.29, 0.717) is 0 Å². The molecule has 1 N–H and O–H groups in total. The van der Waals surface area contributed by atoms with Gasteiger partial charge in [-0.2, -0.15) is 11.8 Å². The number of unbranched alkanes of at least 4 members (excludes halogenated alkanes) is 2. The van der Waals surface area contributed by atoms with Crippen LogP contribution in [0.1, 0.15) is 43.3 Å². The van der Waals surface area contributed by atoms with E-state index in [9.17, 15) is 0 Å². The maximum absolute atomic E-state index is 5.75. The lowest BCUT2D eigenvalue weighted by Crippen LogP contribution is -1.98. The number of anilines is 1. The Bertz CT molecular complexity index is 518. The molecule has 2 aromatic rings. The number of nitrogens with one attached hydrogen (secondary N) is 1. The molecule has 0 spiro atoms. The summed E-state index contributed by atoms with van der Waals surface area (Å²) in [6.45, 7) is 2.98. The maximum atomic E-state index is 5.75. The number of benzene rings is 1. The first-order valence-electron chi connectivity index (χ1n) is 7.71. The fraction of sp³-hybridized carbons (Fsp3) is 0.444. The van der Waals surface area contributed by atoms with Crippen molar-refractivity contribution in [1.82, 2.24) is 0 Å². The van der Waals surface area contributed by atoms with Crippen molar-refractivity contribution in [2.24, 2.45) is 0 Å². The second-order valence-electron chi connectivity index (χ2n) is 5.31. The van der Waals surface area contributed by atoms with Crippen LogP contribution in [0.2, 0.25) is 0 Å². The number of hydrogen-bond donors (Lipinski definition) is 1. The highest BCUT2D eigenvalue weighted by Crippen LogP contribution is 2.16. The Labute approximate surface area is 132 Å². The number of furan rings is 1. The van der Waals surface area contributed by atoms with Gasteiger partial charge in [-0.15, -0.1) is 0 Å². The van der Waals surface area contributed by atoms with Crippen LogP contribution < -0.4 is 5.32 Å². The van der Waals surface area contributed by atoms with Gasteiger partial charge in [-0.25, -0.2) is 0 Å². The zero-order valence-corrected chi connectivity index (χ0v) is 13.8. The van der Waals surface area contributed by atoms with E-state index in [0.717, 1.165) is 29.5 Å². The third-order valence-corrected chi connectivity index (χ3v) is 4.07. The molecular formula is C18H25NOS. The molecule has 21 heavy (non-hydrogen) atoms. The minimum Gasteiger partial charge on any atom is -0.463 e. The molecular weight excluding hydrogens is 278 g/mol. The number of aryl methyl sites for hydroxylation is 1. The van der Waals surface area contributed by atoms with Gasteiger partial charge in [0, 0.05) is 5.69 Å². The number of hydrogen-bond acceptors (Lipinski definition) is 3. The third kappa shape index (κ3) is 5.50. The van der Waals surface area contributed by atoms with Crippen LogP contribution in [-0.2, 0) is 18.7 Å². The van der Waals surface area contributed by atoms with Gasteiger partial charge >= 0.3 is 0 Å². The van der Waals surface area contributed by atoms with Gasteiger partial charge < -0.3 is 9.73 Å². The average molecular weight is 303 g/mol. The van der Waals surface area contributed by atoms with Crippen LogP contribution in [0.5, 0.6) is 0 Å². The quantitative estimate of drug-likeness (QED) is 0.620. The van der Waals surface area contributed by atoms with Gasteiger partial charge in [0.1, 0.15) is 11.5 Å². The van der Waals surface area contributed by atoms with Crippen LogP contribution in [0.15, 0.2) is 40.8 Å². The maximum Gasteiger partial charge on any atom is 0.123 e. The Balaban J connectivity index is 1.79. The molecule has 1 aromatic carbocycles. The van der Waals surface area contributed by atoms with E-state index in [4.69, 9.17) is 4.42 Å². The van der Waals surface area contributed by atoms with Gasteiger partial charge in [-0.1, -0.05) is 31.9 Å². The molecule has 0 saturated carbocycles. The zero-order chi connectivity index (χ0) is 14.9. The minimum atomic E-state index is 0.740. The fourth-order valence-corrected chi connectivity index (χ4v) is 2.73. The summed E-state index contributed by atoms with van der Waals surface area (Å²) in [6.07, 6.45) is 7.15. The van der Waals surface area contributed by atoms with E-state index in [-0.39, 0.29) is 0 Å². The summed E-state index contributed by atoms with van der Waals surface area (Å²) in [6, 6.07) is 12.9. The number of rotatable bonds is 9. The first-order valence-corrected chi connectivity index (χ1v) is 9.10. The summed E-state index contributed by atoms with van der Waals surface area (Å²) in [5.41, 5.74) is 2.58. The van der Waals surface area contributed by atoms with Gasteiger partial charge in [-0.05, 0) is 48.9 Å². The lowest BCUT2D eigenvalue weighted by Gasteiger charge is -2.06. The Hall–Kier alpha value is -1.35. The molecule has 0 fully saturated rings. The molecule has 0 amide bonds. The molecule has 0 aliphatic carbocycles. The second-order valence-corrected chi connectivity index (χ2v) is 6.17. The Morgan fingerprint density at radius 3 is 2.48 bits per heavy atom. The third-order valence-electron chi connectivity index (χ3n) is 3.49. The highest BCUT2D eigenvalue weighted by Gasteiger charge is 2.01. The highest BCUT2D eigenvalue weighted by molar-refractivity contribution is 7.97. The molecule has 1 heterocycles. The van der Waals surface area contributed by atoms with Crippen molar-refractivity contribution in [3.63, 3.8) is 0 Å². The van der Waals surface area contributed by atoms with Crippen molar-refractivity contribution >= 4 is 17.4 Å². The van der Waals surface area contributed by atoms with E-state index in [2.05, 4.69) is 54.9 Å². The normalized spacial score (nSPS) is 10.8. The molecule has 0 unspecified atom stereocenters. The van der Waals surface area contributed by atoms with Crippen molar-refractivity contribution in [2.45, 2.75) is 44.9 Å². The van der Waals surface area contributed by atoms with Crippen molar-refractivity contribution in [3.05, 3.63) is 53.5 Å². The first-order chi connectivity index (χ1) is 10.3. The minimum absolute atomic E-state index is 0.740. The highest BCUT2D eigenvalue weighted by atomic mass is 32.2. The molecule has 0 saturated heterocycles. The van der Waals surface area contributed by atoms with Crippen molar-refractivity contribution in [3.8, 4) is 0 Å². The van der Waals surface area contributed by atoms with E-state index < -0.39 is 0 Å². The Morgan fingerprint density at radius 1 is 1.00 bits per heavy atom. The molecule has 0 aliphatic heterocycles. The van der Waals surface area contributed by atoms with E-state index in [1.165, 1.54) is 31.2 Å². The van der Waals surface area contributed by atoms with Crippen molar-refractivity contribution < 1.29 is 4.42 Å². The van der Waals surface area contributed by atoms with Crippen LogP contribution in [-0.4, -0.2) is 6.26 Å². The summed E-state index contributed by atoms with van der Waals surface area (Å²) >= 11 is 1.78. The topological polar surface area (TPSA) is 25.2 Å². The van der Waals surface area contributed by atoms with Gasteiger partial charge in [-0.3, -0.25) is 0 Å². The van der Waals surface area contributed by atoms with Crippen molar-refractivity contribution in [1.29, 1.82) is 0 Å². The second kappa shape index (κ2) is 8.83. The molecule has 3 heteroatoms. The fourth-order valence-electron chi connectivity index (χ4n) is 2.29. The molecule has 1 aromatic heterocycles. The summed E-state index contributed by atoms with van der Waals surface area (Å²) in [5, 5.41) is 3.41. The van der Waals surface area contributed by atoms with E-state index >= 15 is 0 Å². The Morgan fingerprint density at radius 2 is 1.76 bits per heavy atom. The first kappa shape index (κ1) is 16.0. The summed E-state index contributed by atoms with van der Waals surface area (Å²) in [5.74, 6) is 2.98. The molecule has 2 nitrogen and oxygen atoms in total. The van der Waals surface area contributed by atoms with Gasteiger partial charge in [0.15, 0.2) is 0 Å². The SMILES string of the molecule is CCCCCc1ccc(NCc2ccc(CSC)o2)cc1. The van der Waals surface area contributed by atoms with Crippen LogP contribution in [0, 0.1) is 0 Å². The summed E-state index contributed by atoms with van der Waals surface area (Å²) in [7, 11) is 0. The molecule has 114 valence electrons. The van der Waals surface area contributed by atoms with E-state index in [1.807, 2.05) is 0 Å². The molecule has 0 radical (unpaired) electrons. The lowest BCUT2D eigenvalue weighted by molar-refractivity contribution is 0.487. The van der Waals surface area contributed by atoms with Crippen LogP contribution in [0.4, 0.5) is 5.69 Å². The average Bonchev–Trinajstić information content (AvgIpc) is 2.95. The lowest BCUT2D eigenvalue weighted by atomic mass is 10.1. The molecule has 0 atom stereocenters. The van der Waals surface area contributed by atoms with Gasteiger partial charge in [0.25, 0.3) is 0 Å². The van der Waals surface area contributed by atoms with Gasteiger partial charge in [0.05, 0.1) is 12.3 Å². The Kier molecular flexibility index (Phi) is 6.74. The largest absolute Gasteiger partial charge is 0.463 e. The van der Waals surface area contributed by atoms with Crippen LogP contribution in [0.3, 0.4) is 0 Å². The van der Waals surface area contributed by atoms with Gasteiger partial charge in [0.2, 0.25) is 0 Å². The van der Waals surface area contributed by atoms with E-state index in [1.54, 1.807) is 11.8 Å². The summed E-state index contributed by atoms with van der Waals surface area (Å²) in [4.78, 5) is 0.